The summed E-state index contributed by atoms with van der Waals surface area (Å²) in [6.45, 7) is 6.75. The van der Waals surface area contributed by atoms with E-state index in [1.54, 1.807) is 16.8 Å². The SMILES string of the molecule is CCn1ccc(=O)n(-c2c(C)cccc2C)c1=S. The fourth-order valence-corrected chi connectivity index (χ4v) is 2.49. The molecule has 4 heteroatoms. The first-order valence-electron chi connectivity index (χ1n) is 5.95. The van der Waals surface area contributed by atoms with Crippen molar-refractivity contribution in [3.05, 3.63) is 56.7 Å². The van der Waals surface area contributed by atoms with E-state index in [1.807, 2.05) is 43.5 Å². The third-order valence-electron chi connectivity index (χ3n) is 3.06. The van der Waals surface area contributed by atoms with Crippen molar-refractivity contribution in [1.29, 1.82) is 0 Å². The number of hydrogen-bond donors (Lipinski definition) is 0. The predicted octanol–water partition coefficient (Wildman–Crippen LogP) is 3.01. The van der Waals surface area contributed by atoms with E-state index < -0.39 is 0 Å². The van der Waals surface area contributed by atoms with Crippen molar-refractivity contribution in [3.8, 4) is 5.69 Å². The molecule has 2 aromatic rings. The van der Waals surface area contributed by atoms with Crippen molar-refractivity contribution in [2.45, 2.75) is 27.3 Å². The minimum absolute atomic E-state index is 0.0814. The molecule has 0 atom stereocenters. The molecule has 3 nitrogen and oxygen atoms in total. The van der Waals surface area contributed by atoms with Crippen LogP contribution in [0.4, 0.5) is 0 Å². The summed E-state index contributed by atoms with van der Waals surface area (Å²) in [6.07, 6.45) is 1.74. The van der Waals surface area contributed by atoms with Crippen LogP contribution in [0, 0.1) is 18.6 Å². The Morgan fingerprint density at radius 3 is 2.33 bits per heavy atom. The molecule has 0 unspecified atom stereocenters. The Labute approximate surface area is 111 Å². The molecule has 0 amide bonds. The molecule has 0 spiro atoms. The third kappa shape index (κ3) is 2.04. The summed E-state index contributed by atoms with van der Waals surface area (Å²) < 4.78 is 4.05. The Morgan fingerprint density at radius 1 is 1.17 bits per heavy atom. The number of rotatable bonds is 2. The molecule has 0 aliphatic carbocycles. The van der Waals surface area contributed by atoms with Crippen LogP contribution < -0.4 is 5.56 Å². The van der Waals surface area contributed by atoms with Gasteiger partial charge in [0.15, 0.2) is 4.77 Å². The van der Waals surface area contributed by atoms with Gasteiger partial charge in [-0.05, 0) is 44.1 Å². The van der Waals surface area contributed by atoms with E-state index in [4.69, 9.17) is 12.2 Å². The van der Waals surface area contributed by atoms with E-state index in [-0.39, 0.29) is 5.56 Å². The van der Waals surface area contributed by atoms with Gasteiger partial charge in [-0.2, -0.15) is 0 Å². The van der Waals surface area contributed by atoms with Crippen LogP contribution in [0.3, 0.4) is 0 Å². The summed E-state index contributed by atoms with van der Waals surface area (Å²) >= 11 is 5.41. The van der Waals surface area contributed by atoms with Crippen LogP contribution in [0.15, 0.2) is 35.3 Å². The standard InChI is InChI=1S/C14H16N2OS/c1-4-15-9-8-12(17)16(14(15)18)13-10(2)6-5-7-11(13)3/h5-9H,4H2,1-3H3. The molecule has 0 radical (unpaired) electrons. The topological polar surface area (TPSA) is 26.9 Å². The molecule has 0 aliphatic heterocycles. The van der Waals surface area contributed by atoms with E-state index in [0.717, 1.165) is 23.4 Å². The Bertz CT molecular complexity index is 677. The van der Waals surface area contributed by atoms with Gasteiger partial charge in [-0.1, -0.05) is 18.2 Å². The van der Waals surface area contributed by atoms with Gasteiger partial charge in [-0.3, -0.25) is 9.36 Å². The molecule has 0 aliphatic rings. The lowest BCUT2D eigenvalue weighted by molar-refractivity contribution is 0.683. The van der Waals surface area contributed by atoms with Crippen LogP contribution >= 0.6 is 12.2 Å². The number of hydrogen-bond acceptors (Lipinski definition) is 2. The molecule has 0 N–H and O–H groups in total. The van der Waals surface area contributed by atoms with Crippen LogP contribution in [-0.4, -0.2) is 9.13 Å². The number of para-hydroxylation sites is 1. The second-order valence-corrected chi connectivity index (χ2v) is 4.66. The Morgan fingerprint density at radius 2 is 1.78 bits per heavy atom. The highest BCUT2D eigenvalue weighted by molar-refractivity contribution is 7.71. The molecule has 94 valence electrons. The van der Waals surface area contributed by atoms with Gasteiger partial charge in [-0.25, -0.2) is 0 Å². The average molecular weight is 260 g/mol. The van der Waals surface area contributed by atoms with Gasteiger partial charge in [-0.15, -0.1) is 0 Å². The maximum Gasteiger partial charge on any atom is 0.258 e. The highest BCUT2D eigenvalue weighted by Gasteiger charge is 2.09. The summed E-state index contributed by atoms with van der Waals surface area (Å²) in [6, 6.07) is 7.53. The third-order valence-corrected chi connectivity index (χ3v) is 3.48. The quantitative estimate of drug-likeness (QED) is 0.776. The van der Waals surface area contributed by atoms with Crippen molar-refractivity contribution in [2.75, 3.05) is 0 Å². The molecule has 1 aromatic heterocycles. The molecule has 1 aromatic carbocycles. The van der Waals surface area contributed by atoms with Gasteiger partial charge in [0.05, 0.1) is 5.69 Å². The van der Waals surface area contributed by atoms with E-state index in [0.29, 0.717) is 4.77 Å². The Balaban J connectivity index is 2.88. The summed E-state index contributed by atoms with van der Waals surface area (Å²) in [5.74, 6) is 0. The minimum atomic E-state index is -0.0814. The number of nitrogens with zero attached hydrogens (tertiary/aromatic N) is 2. The van der Waals surface area contributed by atoms with Crippen LogP contribution in [0.25, 0.3) is 5.69 Å². The first kappa shape index (κ1) is 12.8. The Kier molecular flexibility index (Phi) is 3.48. The smallest absolute Gasteiger partial charge is 0.258 e. The summed E-state index contributed by atoms with van der Waals surface area (Å²) in [5, 5.41) is 0. The zero-order valence-corrected chi connectivity index (χ0v) is 11.6. The van der Waals surface area contributed by atoms with Crippen LogP contribution in [0.2, 0.25) is 0 Å². The van der Waals surface area contributed by atoms with E-state index in [2.05, 4.69) is 0 Å². The van der Waals surface area contributed by atoms with Crippen molar-refractivity contribution in [2.24, 2.45) is 0 Å². The van der Waals surface area contributed by atoms with Crippen molar-refractivity contribution < 1.29 is 0 Å². The average Bonchev–Trinajstić information content (AvgIpc) is 2.33. The van der Waals surface area contributed by atoms with Gasteiger partial charge in [0.25, 0.3) is 5.56 Å². The molecule has 1 heterocycles. The largest absolute Gasteiger partial charge is 0.325 e. The molecular formula is C14H16N2OS. The molecule has 18 heavy (non-hydrogen) atoms. The predicted molar refractivity (Wildman–Crippen MR) is 76.0 cm³/mol. The summed E-state index contributed by atoms with van der Waals surface area (Å²) in [7, 11) is 0. The number of aryl methyl sites for hydroxylation is 3. The number of aromatic nitrogens is 2. The first-order chi connectivity index (χ1) is 8.56. The lowest BCUT2D eigenvalue weighted by Gasteiger charge is -2.14. The highest BCUT2D eigenvalue weighted by atomic mass is 32.1. The van der Waals surface area contributed by atoms with Gasteiger partial charge in [0, 0.05) is 18.8 Å². The summed E-state index contributed by atoms with van der Waals surface area (Å²) in [5.41, 5.74) is 2.92. The molecular weight excluding hydrogens is 244 g/mol. The lowest BCUT2D eigenvalue weighted by Crippen LogP contribution is -2.23. The zero-order chi connectivity index (χ0) is 13.3. The minimum Gasteiger partial charge on any atom is -0.325 e. The second kappa shape index (κ2) is 4.90. The zero-order valence-electron chi connectivity index (χ0n) is 10.8. The first-order valence-corrected chi connectivity index (χ1v) is 6.36. The lowest BCUT2D eigenvalue weighted by atomic mass is 10.1. The van der Waals surface area contributed by atoms with E-state index >= 15 is 0 Å². The highest BCUT2D eigenvalue weighted by Crippen LogP contribution is 2.17. The fourth-order valence-electron chi connectivity index (χ4n) is 2.12. The van der Waals surface area contributed by atoms with Crippen LogP contribution in [0.1, 0.15) is 18.1 Å². The number of benzene rings is 1. The van der Waals surface area contributed by atoms with E-state index in [9.17, 15) is 4.79 Å². The van der Waals surface area contributed by atoms with Gasteiger partial charge < -0.3 is 4.57 Å². The molecule has 2 rings (SSSR count). The van der Waals surface area contributed by atoms with Crippen LogP contribution in [0.5, 0.6) is 0 Å². The van der Waals surface area contributed by atoms with Crippen molar-refractivity contribution in [3.63, 3.8) is 0 Å². The van der Waals surface area contributed by atoms with Gasteiger partial charge in [0.1, 0.15) is 0 Å². The summed E-state index contributed by atoms with van der Waals surface area (Å²) in [4.78, 5) is 12.1. The molecule has 0 saturated heterocycles. The Hall–Kier alpha value is -1.68. The maximum absolute atomic E-state index is 12.1. The molecule has 0 bridgehead atoms. The monoisotopic (exact) mass is 260 g/mol. The van der Waals surface area contributed by atoms with E-state index in [1.165, 1.54) is 0 Å². The normalized spacial score (nSPS) is 10.6. The van der Waals surface area contributed by atoms with Gasteiger partial charge in [0.2, 0.25) is 0 Å². The van der Waals surface area contributed by atoms with Crippen LogP contribution in [-0.2, 0) is 6.54 Å². The van der Waals surface area contributed by atoms with Gasteiger partial charge >= 0.3 is 0 Å². The molecule has 0 fully saturated rings. The fraction of sp³-hybridized carbons (Fsp3) is 0.286. The molecule has 0 saturated carbocycles. The van der Waals surface area contributed by atoms with Crippen molar-refractivity contribution >= 4 is 12.2 Å². The maximum atomic E-state index is 12.1. The van der Waals surface area contributed by atoms with Crippen molar-refractivity contribution in [1.82, 2.24) is 9.13 Å². The second-order valence-electron chi connectivity index (χ2n) is 4.30.